The summed E-state index contributed by atoms with van der Waals surface area (Å²) in [6.45, 7) is 2.52. The molecular formula is C29H30N2O4. The zero-order chi connectivity index (χ0) is 24.8. The number of nitrogens with one attached hydrogen (secondary N) is 1. The van der Waals surface area contributed by atoms with Crippen molar-refractivity contribution in [2.75, 3.05) is 6.54 Å². The second kappa shape index (κ2) is 11.0. The van der Waals surface area contributed by atoms with E-state index in [-0.39, 0.29) is 18.2 Å². The molecule has 1 aliphatic rings. The van der Waals surface area contributed by atoms with E-state index in [1.54, 1.807) is 4.90 Å². The second-order valence-corrected chi connectivity index (χ2v) is 8.96. The number of amides is 2. The minimum absolute atomic E-state index is 0.0587. The molecule has 1 fully saturated rings. The lowest BCUT2D eigenvalue weighted by Gasteiger charge is -2.35. The molecule has 1 aliphatic heterocycles. The number of aryl methyl sites for hydroxylation is 1. The summed E-state index contributed by atoms with van der Waals surface area (Å²) in [6.07, 6.45) is 1.79. The van der Waals surface area contributed by atoms with Gasteiger partial charge in [0.2, 0.25) is 11.8 Å². The van der Waals surface area contributed by atoms with Gasteiger partial charge in [-0.05, 0) is 53.6 Å². The molecule has 0 aromatic heterocycles. The van der Waals surface area contributed by atoms with Crippen LogP contribution in [0, 0.1) is 6.92 Å². The van der Waals surface area contributed by atoms with E-state index in [1.807, 2.05) is 85.8 Å². The van der Waals surface area contributed by atoms with Crippen molar-refractivity contribution < 1.29 is 19.5 Å². The number of hydrogen-bond donors (Lipinski definition) is 2. The molecule has 1 heterocycles. The summed E-state index contributed by atoms with van der Waals surface area (Å²) in [6, 6.07) is 23.3. The van der Waals surface area contributed by atoms with Gasteiger partial charge < -0.3 is 15.3 Å². The normalized spacial score (nSPS) is 15.3. The van der Waals surface area contributed by atoms with Crippen LogP contribution in [-0.2, 0) is 14.4 Å². The average molecular weight is 471 g/mol. The topological polar surface area (TPSA) is 86.7 Å². The number of rotatable bonds is 8. The number of carboxylic acids is 1. The van der Waals surface area contributed by atoms with Crippen LogP contribution in [0.25, 0.3) is 11.1 Å². The van der Waals surface area contributed by atoms with Gasteiger partial charge in [0.25, 0.3) is 0 Å². The van der Waals surface area contributed by atoms with E-state index < -0.39 is 18.1 Å². The molecule has 6 heteroatoms. The molecule has 0 radical (unpaired) electrons. The number of hydrogen-bond acceptors (Lipinski definition) is 3. The summed E-state index contributed by atoms with van der Waals surface area (Å²) in [5.74, 6) is -1.45. The van der Waals surface area contributed by atoms with Crippen LogP contribution in [0.15, 0.2) is 78.9 Å². The summed E-state index contributed by atoms with van der Waals surface area (Å²) in [5.41, 5.74) is 4.53. The molecule has 0 spiro atoms. The number of carbonyl (C=O) groups excluding carboxylic acids is 2. The van der Waals surface area contributed by atoms with Crippen molar-refractivity contribution in [3.63, 3.8) is 0 Å². The third-order valence-electron chi connectivity index (χ3n) is 6.48. The lowest BCUT2D eigenvalue weighted by molar-refractivity contribution is -0.143. The molecule has 2 N–H and O–H groups in total. The standard InChI is InChI=1S/C29H30N2O4/c1-20-10-5-6-15-24(20)22-13-9-14-23(18-22)25(19-27(33)34)30-29(35)28(21-11-3-2-4-12-21)31-17-8-7-16-26(31)32/h2-6,9-15,18,25,28H,7-8,16-17,19H2,1H3,(H,30,35)(H,33,34)/t25-,28?/m0/s1. The van der Waals surface area contributed by atoms with Gasteiger partial charge in [-0.15, -0.1) is 0 Å². The number of likely N-dealkylation sites (tertiary alicyclic amines) is 1. The van der Waals surface area contributed by atoms with Gasteiger partial charge in [-0.1, -0.05) is 72.8 Å². The lowest BCUT2D eigenvalue weighted by Crippen LogP contribution is -2.46. The second-order valence-electron chi connectivity index (χ2n) is 8.96. The van der Waals surface area contributed by atoms with Crippen molar-refractivity contribution in [1.82, 2.24) is 10.2 Å². The van der Waals surface area contributed by atoms with E-state index in [4.69, 9.17) is 0 Å². The highest BCUT2D eigenvalue weighted by Gasteiger charge is 2.34. The van der Waals surface area contributed by atoms with Gasteiger partial charge in [0.05, 0.1) is 12.5 Å². The zero-order valence-electron chi connectivity index (χ0n) is 19.8. The minimum atomic E-state index is -1.01. The Labute approximate surface area is 205 Å². The van der Waals surface area contributed by atoms with Crippen molar-refractivity contribution in [2.45, 2.75) is 44.7 Å². The smallest absolute Gasteiger partial charge is 0.305 e. The van der Waals surface area contributed by atoms with Gasteiger partial charge in [0.1, 0.15) is 6.04 Å². The van der Waals surface area contributed by atoms with Gasteiger partial charge in [-0.2, -0.15) is 0 Å². The SMILES string of the molecule is Cc1ccccc1-c1cccc([C@H](CC(=O)O)NC(=O)C(c2ccccc2)N2CCCCC2=O)c1. The van der Waals surface area contributed by atoms with E-state index in [0.717, 1.165) is 29.5 Å². The number of aliphatic carboxylic acids is 1. The first kappa shape index (κ1) is 24.2. The Morgan fingerprint density at radius 2 is 1.66 bits per heavy atom. The number of piperidine rings is 1. The van der Waals surface area contributed by atoms with E-state index in [1.165, 1.54) is 0 Å². The number of carboxylic acid groups (broad SMARTS) is 1. The Morgan fingerprint density at radius 1 is 0.943 bits per heavy atom. The molecule has 4 rings (SSSR count). The fourth-order valence-electron chi connectivity index (χ4n) is 4.71. The van der Waals surface area contributed by atoms with Gasteiger partial charge in [-0.3, -0.25) is 14.4 Å². The zero-order valence-corrected chi connectivity index (χ0v) is 19.8. The minimum Gasteiger partial charge on any atom is -0.481 e. The molecule has 1 saturated heterocycles. The molecule has 35 heavy (non-hydrogen) atoms. The van der Waals surface area contributed by atoms with Crippen LogP contribution >= 0.6 is 0 Å². The Morgan fingerprint density at radius 3 is 2.37 bits per heavy atom. The third kappa shape index (κ3) is 5.77. The first-order valence-corrected chi connectivity index (χ1v) is 12.0. The van der Waals surface area contributed by atoms with Gasteiger partial charge >= 0.3 is 5.97 Å². The van der Waals surface area contributed by atoms with Crippen LogP contribution < -0.4 is 5.32 Å². The summed E-state index contributed by atoms with van der Waals surface area (Å²) in [5, 5.41) is 12.6. The summed E-state index contributed by atoms with van der Waals surface area (Å²) < 4.78 is 0. The fraction of sp³-hybridized carbons (Fsp3) is 0.276. The molecule has 0 saturated carbocycles. The maximum Gasteiger partial charge on any atom is 0.305 e. The van der Waals surface area contributed by atoms with Crippen LogP contribution in [0.5, 0.6) is 0 Å². The molecule has 0 aliphatic carbocycles. The highest BCUT2D eigenvalue weighted by molar-refractivity contribution is 5.89. The molecule has 3 aromatic carbocycles. The number of carbonyl (C=O) groups is 3. The molecule has 1 unspecified atom stereocenters. The highest BCUT2D eigenvalue weighted by Crippen LogP contribution is 2.30. The summed E-state index contributed by atoms with van der Waals surface area (Å²) in [7, 11) is 0. The Balaban J connectivity index is 1.66. The monoisotopic (exact) mass is 470 g/mol. The quantitative estimate of drug-likeness (QED) is 0.482. The van der Waals surface area contributed by atoms with Crippen molar-refractivity contribution in [1.29, 1.82) is 0 Å². The summed E-state index contributed by atoms with van der Waals surface area (Å²) >= 11 is 0. The predicted molar refractivity (Wildman–Crippen MR) is 134 cm³/mol. The molecule has 2 amide bonds. The average Bonchev–Trinajstić information content (AvgIpc) is 2.86. The van der Waals surface area contributed by atoms with Crippen molar-refractivity contribution in [3.05, 3.63) is 95.6 Å². The van der Waals surface area contributed by atoms with Crippen LogP contribution in [0.2, 0.25) is 0 Å². The number of nitrogens with zero attached hydrogens (tertiary/aromatic N) is 1. The van der Waals surface area contributed by atoms with Crippen LogP contribution in [0.3, 0.4) is 0 Å². The molecule has 2 atom stereocenters. The fourth-order valence-corrected chi connectivity index (χ4v) is 4.71. The van der Waals surface area contributed by atoms with Crippen LogP contribution in [0.1, 0.15) is 54.5 Å². The molecule has 0 bridgehead atoms. The summed E-state index contributed by atoms with van der Waals surface area (Å²) in [4.78, 5) is 39.8. The van der Waals surface area contributed by atoms with Crippen LogP contribution in [0.4, 0.5) is 0 Å². The molecular weight excluding hydrogens is 440 g/mol. The Hall–Kier alpha value is -3.93. The molecule has 6 nitrogen and oxygen atoms in total. The van der Waals surface area contributed by atoms with E-state index in [9.17, 15) is 19.5 Å². The highest BCUT2D eigenvalue weighted by atomic mass is 16.4. The maximum atomic E-state index is 13.7. The van der Waals surface area contributed by atoms with E-state index in [2.05, 4.69) is 5.32 Å². The number of benzene rings is 3. The molecule has 3 aromatic rings. The maximum absolute atomic E-state index is 13.7. The lowest BCUT2D eigenvalue weighted by atomic mass is 9.95. The van der Waals surface area contributed by atoms with E-state index >= 15 is 0 Å². The van der Waals surface area contributed by atoms with Crippen LogP contribution in [-0.4, -0.2) is 34.3 Å². The van der Waals surface area contributed by atoms with Gasteiger partial charge in [0.15, 0.2) is 0 Å². The first-order valence-electron chi connectivity index (χ1n) is 12.0. The van der Waals surface area contributed by atoms with Crippen molar-refractivity contribution in [3.8, 4) is 11.1 Å². The van der Waals surface area contributed by atoms with Gasteiger partial charge in [-0.25, -0.2) is 0 Å². The predicted octanol–water partition coefficient (Wildman–Crippen LogP) is 5.05. The van der Waals surface area contributed by atoms with E-state index in [0.29, 0.717) is 24.1 Å². The van der Waals surface area contributed by atoms with Gasteiger partial charge in [0, 0.05) is 13.0 Å². The Bertz CT molecular complexity index is 1210. The first-order chi connectivity index (χ1) is 16.9. The third-order valence-corrected chi connectivity index (χ3v) is 6.48. The van der Waals surface area contributed by atoms with Crippen molar-refractivity contribution in [2.24, 2.45) is 0 Å². The Kier molecular flexibility index (Phi) is 7.60. The van der Waals surface area contributed by atoms with Crippen molar-refractivity contribution >= 4 is 17.8 Å². The molecule has 180 valence electrons. The largest absolute Gasteiger partial charge is 0.481 e.